The molecule has 138 valence electrons. The summed E-state index contributed by atoms with van der Waals surface area (Å²) in [7, 11) is 0. The van der Waals surface area contributed by atoms with Crippen molar-refractivity contribution >= 4 is 5.91 Å². The number of hydrogen-bond donors (Lipinski definition) is 1. The fraction of sp³-hybridized carbons (Fsp3) is 0.526. The van der Waals surface area contributed by atoms with Crippen molar-refractivity contribution in [2.75, 3.05) is 26.4 Å². The predicted molar refractivity (Wildman–Crippen MR) is 94.7 cm³/mol. The van der Waals surface area contributed by atoms with Crippen LogP contribution in [0.25, 0.3) is 0 Å². The maximum atomic E-state index is 12.2. The van der Waals surface area contributed by atoms with Gasteiger partial charge in [-0.15, -0.1) is 0 Å². The third-order valence-corrected chi connectivity index (χ3v) is 5.02. The van der Waals surface area contributed by atoms with Crippen molar-refractivity contribution in [1.82, 2.24) is 20.1 Å². The van der Waals surface area contributed by atoms with Crippen molar-refractivity contribution in [1.29, 1.82) is 0 Å². The van der Waals surface area contributed by atoms with Gasteiger partial charge in [0.2, 0.25) is 0 Å². The van der Waals surface area contributed by atoms with E-state index >= 15 is 0 Å². The smallest absolute Gasteiger partial charge is 0.252 e. The molecule has 0 spiro atoms. The van der Waals surface area contributed by atoms with Gasteiger partial charge in [-0.3, -0.25) is 14.5 Å². The van der Waals surface area contributed by atoms with Crippen LogP contribution in [-0.2, 0) is 22.4 Å². The summed E-state index contributed by atoms with van der Waals surface area (Å²) >= 11 is 0. The lowest BCUT2D eigenvalue weighted by atomic mass is 10.0. The van der Waals surface area contributed by atoms with Crippen LogP contribution in [0.5, 0.6) is 0 Å². The Labute approximate surface area is 152 Å². The first kappa shape index (κ1) is 17.2. The molecule has 7 heteroatoms. The van der Waals surface area contributed by atoms with Crippen LogP contribution in [0.3, 0.4) is 0 Å². The molecular formula is C19H24N4O3. The lowest BCUT2D eigenvalue weighted by Gasteiger charge is -2.22. The molecule has 4 rings (SSSR count). The molecule has 2 aromatic rings. The van der Waals surface area contributed by atoms with E-state index in [0.29, 0.717) is 24.6 Å². The number of nitrogens with one attached hydrogen (secondary N) is 1. The van der Waals surface area contributed by atoms with E-state index < -0.39 is 0 Å². The van der Waals surface area contributed by atoms with Crippen molar-refractivity contribution in [3.05, 3.63) is 47.5 Å². The first-order chi connectivity index (χ1) is 12.8. The second-order valence-corrected chi connectivity index (χ2v) is 6.88. The number of pyridine rings is 1. The van der Waals surface area contributed by atoms with E-state index in [1.165, 1.54) is 5.56 Å². The molecule has 1 N–H and O–H groups in total. The molecule has 0 aromatic carbocycles. The van der Waals surface area contributed by atoms with E-state index in [1.54, 1.807) is 24.5 Å². The average Bonchev–Trinajstić information content (AvgIpc) is 3.10. The van der Waals surface area contributed by atoms with Gasteiger partial charge in [0.15, 0.2) is 0 Å². The van der Waals surface area contributed by atoms with Crippen molar-refractivity contribution < 1.29 is 14.3 Å². The first-order valence-corrected chi connectivity index (χ1v) is 9.23. The van der Waals surface area contributed by atoms with Gasteiger partial charge in [-0.05, 0) is 42.9 Å². The molecule has 0 aliphatic carbocycles. The largest absolute Gasteiger partial charge is 0.381 e. The highest BCUT2D eigenvalue weighted by Crippen LogP contribution is 2.26. The third-order valence-electron chi connectivity index (χ3n) is 5.02. The minimum atomic E-state index is -0.199. The molecule has 26 heavy (non-hydrogen) atoms. The second kappa shape index (κ2) is 7.97. The van der Waals surface area contributed by atoms with Crippen molar-refractivity contribution in [2.24, 2.45) is 5.92 Å². The lowest BCUT2D eigenvalue weighted by molar-refractivity contribution is 0.0379. The van der Waals surface area contributed by atoms with E-state index in [4.69, 9.17) is 14.6 Å². The maximum Gasteiger partial charge on any atom is 0.252 e. The number of nitrogens with zero attached hydrogens (tertiary/aromatic N) is 3. The fourth-order valence-electron chi connectivity index (χ4n) is 3.56. The van der Waals surface area contributed by atoms with Crippen LogP contribution in [-0.4, -0.2) is 47.0 Å². The van der Waals surface area contributed by atoms with E-state index in [0.717, 1.165) is 44.7 Å². The molecular weight excluding hydrogens is 332 g/mol. The highest BCUT2D eigenvalue weighted by atomic mass is 16.5. The summed E-state index contributed by atoms with van der Waals surface area (Å²) in [6.07, 6.45) is 8.20. The van der Waals surface area contributed by atoms with Crippen LogP contribution in [0.2, 0.25) is 0 Å². The van der Waals surface area contributed by atoms with Gasteiger partial charge in [-0.1, -0.05) is 0 Å². The van der Waals surface area contributed by atoms with Crippen LogP contribution in [0.15, 0.2) is 30.7 Å². The molecule has 1 amide bonds. The van der Waals surface area contributed by atoms with Gasteiger partial charge in [0.25, 0.3) is 5.91 Å². The van der Waals surface area contributed by atoms with E-state index in [9.17, 15) is 4.79 Å². The number of carbonyl (C=O) groups is 1. The lowest BCUT2D eigenvalue weighted by Crippen LogP contribution is -2.32. The van der Waals surface area contributed by atoms with Crippen LogP contribution < -0.4 is 5.32 Å². The summed E-state index contributed by atoms with van der Waals surface area (Å²) in [6.45, 7) is 3.68. The van der Waals surface area contributed by atoms with Gasteiger partial charge in [0, 0.05) is 44.9 Å². The quantitative estimate of drug-likeness (QED) is 0.883. The minimum absolute atomic E-state index is 0.143. The SMILES string of the molecule is O=C(NC[C@@H]1OCCc2cn(CC3CCOCC3)nc21)c1cccnc1. The Balaban J connectivity index is 1.39. The summed E-state index contributed by atoms with van der Waals surface area (Å²) in [5.41, 5.74) is 2.73. The number of hydrogen-bond acceptors (Lipinski definition) is 5. The number of amides is 1. The molecule has 0 unspecified atom stereocenters. The highest BCUT2D eigenvalue weighted by Gasteiger charge is 2.26. The zero-order valence-corrected chi connectivity index (χ0v) is 14.8. The van der Waals surface area contributed by atoms with E-state index in [1.807, 2.05) is 4.68 Å². The van der Waals surface area contributed by atoms with Crippen LogP contribution in [0.4, 0.5) is 0 Å². The third kappa shape index (κ3) is 3.94. The summed E-state index contributed by atoms with van der Waals surface area (Å²) in [5.74, 6) is 0.477. The van der Waals surface area contributed by atoms with E-state index in [2.05, 4.69) is 16.5 Å². The van der Waals surface area contributed by atoms with Crippen molar-refractivity contribution in [3.63, 3.8) is 0 Å². The van der Waals surface area contributed by atoms with Gasteiger partial charge in [0.1, 0.15) is 6.10 Å². The molecule has 1 atom stereocenters. The molecule has 7 nitrogen and oxygen atoms in total. The monoisotopic (exact) mass is 356 g/mol. The number of ether oxygens (including phenoxy) is 2. The number of fused-ring (bicyclic) bond motifs is 1. The Morgan fingerprint density at radius 2 is 2.19 bits per heavy atom. The van der Waals surface area contributed by atoms with Gasteiger partial charge < -0.3 is 14.8 Å². The molecule has 0 bridgehead atoms. The summed E-state index contributed by atoms with van der Waals surface area (Å²) in [4.78, 5) is 16.2. The van der Waals surface area contributed by atoms with Crippen molar-refractivity contribution in [2.45, 2.75) is 31.9 Å². The first-order valence-electron chi connectivity index (χ1n) is 9.23. The molecule has 1 saturated heterocycles. The van der Waals surface area contributed by atoms with E-state index in [-0.39, 0.29) is 12.0 Å². The normalized spacial score (nSPS) is 20.5. The summed E-state index contributed by atoms with van der Waals surface area (Å²) < 4.78 is 13.3. The van der Waals surface area contributed by atoms with Gasteiger partial charge in [-0.25, -0.2) is 0 Å². The predicted octanol–water partition coefficient (Wildman–Crippen LogP) is 1.75. The van der Waals surface area contributed by atoms with Crippen LogP contribution in [0, 0.1) is 5.92 Å². The molecule has 2 aliphatic rings. The molecule has 0 radical (unpaired) electrons. The summed E-state index contributed by atoms with van der Waals surface area (Å²) in [5, 5.41) is 7.69. The fourth-order valence-corrected chi connectivity index (χ4v) is 3.56. The standard InChI is InChI=1S/C19H24N4O3/c24-19(15-2-1-6-20-10-15)21-11-17-18-16(5-9-26-17)13-23(22-18)12-14-3-7-25-8-4-14/h1-2,6,10,13-14,17H,3-5,7-9,11-12H2,(H,21,24)/t17-/m0/s1. The van der Waals surface area contributed by atoms with Crippen molar-refractivity contribution in [3.8, 4) is 0 Å². The molecule has 2 aromatic heterocycles. The average molecular weight is 356 g/mol. The minimum Gasteiger partial charge on any atom is -0.381 e. The molecule has 0 saturated carbocycles. The van der Waals surface area contributed by atoms with Gasteiger partial charge >= 0.3 is 0 Å². The van der Waals surface area contributed by atoms with Crippen LogP contribution >= 0.6 is 0 Å². The zero-order chi connectivity index (χ0) is 17.8. The molecule has 4 heterocycles. The zero-order valence-electron chi connectivity index (χ0n) is 14.8. The Morgan fingerprint density at radius 1 is 1.31 bits per heavy atom. The molecule has 1 fully saturated rings. The topological polar surface area (TPSA) is 78.3 Å². The number of rotatable bonds is 5. The Kier molecular flexibility index (Phi) is 5.26. The molecule has 2 aliphatic heterocycles. The Morgan fingerprint density at radius 3 is 3.00 bits per heavy atom. The Hall–Kier alpha value is -2.25. The number of carbonyl (C=O) groups excluding carboxylic acids is 1. The summed E-state index contributed by atoms with van der Waals surface area (Å²) in [6, 6.07) is 3.50. The highest BCUT2D eigenvalue weighted by molar-refractivity contribution is 5.93. The van der Waals surface area contributed by atoms with Crippen LogP contribution in [0.1, 0.15) is 40.6 Å². The Bertz CT molecular complexity index is 740. The van der Waals surface area contributed by atoms with Gasteiger partial charge in [0.05, 0.1) is 17.9 Å². The second-order valence-electron chi connectivity index (χ2n) is 6.88. The van der Waals surface area contributed by atoms with Gasteiger partial charge in [-0.2, -0.15) is 5.10 Å². The number of aromatic nitrogens is 3. The maximum absolute atomic E-state index is 12.2.